The quantitative estimate of drug-likeness (QED) is 0.654. The summed E-state index contributed by atoms with van der Waals surface area (Å²) in [6.45, 7) is 0.776. The summed E-state index contributed by atoms with van der Waals surface area (Å²) >= 11 is 6.06. The maximum absolute atomic E-state index is 13.6. The first-order valence-electron chi connectivity index (χ1n) is 10.9. The van der Waals surface area contributed by atoms with Crippen LogP contribution in [-0.4, -0.2) is 34.4 Å². The summed E-state index contributed by atoms with van der Waals surface area (Å²) in [5, 5.41) is 11.8. The Morgan fingerprint density at radius 3 is 2.74 bits per heavy atom. The number of hydrogen-bond donors (Lipinski definition) is 1. The summed E-state index contributed by atoms with van der Waals surface area (Å²) in [4.78, 5) is 20.5. The highest BCUT2D eigenvalue weighted by molar-refractivity contribution is 6.30. The third-order valence-electron chi connectivity index (χ3n) is 6.58. The van der Waals surface area contributed by atoms with E-state index in [1.165, 1.54) is 0 Å². The summed E-state index contributed by atoms with van der Waals surface area (Å²) in [7, 11) is 2.03. The van der Waals surface area contributed by atoms with Gasteiger partial charge in [-0.25, -0.2) is 4.98 Å². The van der Waals surface area contributed by atoms with Crippen LogP contribution >= 0.6 is 11.6 Å². The van der Waals surface area contributed by atoms with Crippen molar-refractivity contribution in [3.63, 3.8) is 0 Å². The van der Waals surface area contributed by atoms with Crippen molar-refractivity contribution in [3.8, 4) is 0 Å². The average molecular weight is 436 g/mol. The fourth-order valence-corrected chi connectivity index (χ4v) is 5.07. The molecule has 1 N–H and O–H groups in total. The van der Waals surface area contributed by atoms with Gasteiger partial charge in [-0.05, 0) is 48.6 Å². The van der Waals surface area contributed by atoms with Gasteiger partial charge in [0.15, 0.2) is 0 Å². The van der Waals surface area contributed by atoms with Crippen molar-refractivity contribution >= 4 is 34.3 Å². The van der Waals surface area contributed by atoms with Crippen molar-refractivity contribution in [1.29, 1.82) is 0 Å². The van der Waals surface area contributed by atoms with E-state index < -0.39 is 6.10 Å². The number of aromatic nitrogens is 2. The number of halogens is 1. The van der Waals surface area contributed by atoms with Gasteiger partial charge in [-0.1, -0.05) is 48.7 Å². The first-order chi connectivity index (χ1) is 15.0. The molecule has 0 amide bonds. The standard InChI is InChI=1S/C25H26ClN3O2/c1-28-12-4-5-19-17(13-16-8-10-18(26)11-9-16)14-20-23(24(19)28)27-15-29(25(20)31)21-6-2-3-7-22(21)30/h4-5,8-11,14-15,21-22,30H,2-3,6-7,12-13H2,1H3. The molecule has 2 unspecified atom stereocenters. The lowest BCUT2D eigenvalue weighted by Gasteiger charge is -2.30. The van der Waals surface area contributed by atoms with Crippen molar-refractivity contribution in [3.05, 3.63) is 74.8 Å². The molecular formula is C25H26ClN3O2. The Hall–Kier alpha value is -2.63. The number of benzene rings is 2. The molecule has 0 spiro atoms. The molecule has 31 heavy (non-hydrogen) atoms. The third kappa shape index (κ3) is 3.66. The Kier molecular flexibility index (Phi) is 5.32. The maximum atomic E-state index is 13.6. The minimum Gasteiger partial charge on any atom is -0.391 e. The van der Waals surface area contributed by atoms with Crippen LogP contribution < -0.4 is 10.5 Å². The average Bonchev–Trinajstić information content (AvgIpc) is 2.77. The van der Waals surface area contributed by atoms with Crippen LogP contribution in [0, 0.1) is 0 Å². The number of aliphatic hydroxyl groups is 1. The third-order valence-corrected chi connectivity index (χ3v) is 6.83. The molecule has 5 rings (SSSR count). The van der Waals surface area contributed by atoms with Crippen LogP contribution in [0.25, 0.3) is 17.0 Å². The van der Waals surface area contributed by atoms with Crippen LogP contribution in [0.3, 0.4) is 0 Å². The van der Waals surface area contributed by atoms with Crippen molar-refractivity contribution in [2.24, 2.45) is 0 Å². The van der Waals surface area contributed by atoms with Gasteiger partial charge in [0, 0.05) is 24.2 Å². The summed E-state index contributed by atoms with van der Waals surface area (Å²) < 4.78 is 1.66. The van der Waals surface area contributed by atoms with E-state index in [2.05, 4.69) is 17.1 Å². The lowest BCUT2D eigenvalue weighted by Crippen LogP contribution is -2.35. The Balaban J connectivity index is 1.69. The monoisotopic (exact) mass is 435 g/mol. The van der Waals surface area contributed by atoms with E-state index in [4.69, 9.17) is 16.6 Å². The second-order valence-electron chi connectivity index (χ2n) is 8.66. The Morgan fingerprint density at radius 2 is 1.97 bits per heavy atom. The number of fused-ring (bicyclic) bond motifs is 3. The van der Waals surface area contributed by atoms with Crippen molar-refractivity contribution in [1.82, 2.24) is 9.55 Å². The van der Waals surface area contributed by atoms with Crippen LogP contribution in [0.15, 0.2) is 47.5 Å². The zero-order valence-electron chi connectivity index (χ0n) is 17.6. The number of nitrogens with zero attached hydrogens (tertiary/aromatic N) is 3. The van der Waals surface area contributed by atoms with Gasteiger partial charge in [-0.15, -0.1) is 0 Å². The van der Waals surface area contributed by atoms with Gasteiger partial charge in [0.2, 0.25) is 0 Å². The molecule has 0 bridgehead atoms. The van der Waals surface area contributed by atoms with Crippen LogP contribution in [0.2, 0.25) is 5.02 Å². The second kappa shape index (κ2) is 8.13. The first-order valence-corrected chi connectivity index (χ1v) is 11.3. The molecule has 1 fully saturated rings. The summed E-state index contributed by atoms with van der Waals surface area (Å²) in [5.41, 5.74) is 5.00. The normalized spacial score (nSPS) is 20.8. The molecular weight excluding hydrogens is 410 g/mol. The highest BCUT2D eigenvalue weighted by atomic mass is 35.5. The molecule has 2 aromatic carbocycles. The molecule has 5 nitrogen and oxygen atoms in total. The van der Waals surface area contributed by atoms with Crippen molar-refractivity contribution in [2.45, 2.75) is 44.2 Å². The number of anilines is 1. The molecule has 1 aliphatic heterocycles. The summed E-state index contributed by atoms with van der Waals surface area (Å²) in [6.07, 6.45) is 9.67. The lowest BCUT2D eigenvalue weighted by molar-refractivity contribution is 0.0735. The van der Waals surface area contributed by atoms with Crippen LogP contribution in [-0.2, 0) is 6.42 Å². The molecule has 0 radical (unpaired) electrons. The van der Waals surface area contributed by atoms with Gasteiger partial charge in [0.1, 0.15) is 5.52 Å². The molecule has 2 heterocycles. The molecule has 1 aromatic heterocycles. The van der Waals surface area contributed by atoms with E-state index in [9.17, 15) is 9.90 Å². The van der Waals surface area contributed by atoms with Gasteiger partial charge < -0.3 is 10.0 Å². The molecule has 3 aromatic rings. The van der Waals surface area contributed by atoms with Crippen molar-refractivity contribution < 1.29 is 5.11 Å². The van der Waals surface area contributed by atoms with E-state index in [0.29, 0.717) is 16.8 Å². The van der Waals surface area contributed by atoms with Gasteiger partial charge in [0.05, 0.1) is 29.5 Å². The molecule has 2 aliphatic rings. The predicted octanol–water partition coefficient (Wildman–Crippen LogP) is 4.58. The minimum atomic E-state index is -0.498. The highest BCUT2D eigenvalue weighted by Crippen LogP contribution is 2.36. The smallest absolute Gasteiger partial charge is 0.261 e. The second-order valence-corrected chi connectivity index (χ2v) is 9.09. The van der Waals surface area contributed by atoms with Crippen LogP contribution in [0.1, 0.15) is 48.4 Å². The van der Waals surface area contributed by atoms with Crippen molar-refractivity contribution in [2.75, 3.05) is 18.5 Å². The van der Waals surface area contributed by atoms with Crippen LogP contribution in [0.4, 0.5) is 5.69 Å². The van der Waals surface area contributed by atoms with Gasteiger partial charge in [-0.3, -0.25) is 9.36 Å². The van der Waals surface area contributed by atoms with E-state index >= 15 is 0 Å². The molecule has 1 aliphatic carbocycles. The summed E-state index contributed by atoms with van der Waals surface area (Å²) in [5.74, 6) is 0. The Bertz CT molecular complexity index is 1220. The minimum absolute atomic E-state index is 0.0703. The van der Waals surface area contributed by atoms with E-state index in [0.717, 1.165) is 60.1 Å². The number of aliphatic hydroxyl groups excluding tert-OH is 1. The SMILES string of the molecule is CN1CC=Cc2c(Cc3ccc(Cl)cc3)cc3c(=O)n(C4CCCCC4O)cnc3c21. The maximum Gasteiger partial charge on any atom is 0.261 e. The van der Waals surface area contributed by atoms with Crippen LogP contribution in [0.5, 0.6) is 0 Å². The number of rotatable bonds is 3. The molecule has 6 heteroatoms. The number of likely N-dealkylation sites (N-methyl/N-ethyl adjacent to an activating group) is 1. The zero-order valence-corrected chi connectivity index (χ0v) is 18.3. The fraction of sp³-hybridized carbons (Fsp3) is 0.360. The largest absolute Gasteiger partial charge is 0.391 e. The predicted molar refractivity (Wildman–Crippen MR) is 126 cm³/mol. The molecule has 0 saturated heterocycles. The van der Waals surface area contributed by atoms with E-state index in [-0.39, 0.29) is 11.6 Å². The number of hydrogen-bond acceptors (Lipinski definition) is 4. The molecule has 1 saturated carbocycles. The zero-order chi connectivity index (χ0) is 21.5. The van der Waals surface area contributed by atoms with Gasteiger partial charge >= 0.3 is 0 Å². The van der Waals surface area contributed by atoms with Gasteiger partial charge in [0.25, 0.3) is 5.56 Å². The lowest BCUT2D eigenvalue weighted by atomic mass is 9.91. The highest BCUT2D eigenvalue weighted by Gasteiger charge is 2.27. The fourth-order valence-electron chi connectivity index (χ4n) is 4.95. The van der Waals surface area contributed by atoms with Gasteiger partial charge in [-0.2, -0.15) is 0 Å². The molecule has 160 valence electrons. The summed E-state index contributed by atoms with van der Waals surface area (Å²) in [6, 6.07) is 9.63. The Labute approximate surface area is 186 Å². The Morgan fingerprint density at radius 1 is 1.19 bits per heavy atom. The molecule has 2 atom stereocenters. The van der Waals surface area contributed by atoms with E-state index in [1.54, 1.807) is 10.9 Å². The first kappa shape index (κ1) is 20.3. The van der Waals surface area contributed by atoms with E-state index in [1.807, 2.05) is 37.4 Å². The topological polar surface area (TPSA) is 58.4 Å².